The van der Waals surface area contributed by atoms with Crippen LogP contribution in [-0.2, 0) is 4.79 Å². The van der Waals surface area contributed by atoms with Crippen molar-refractivity contribution in [3.63, 3.8) is 0 Å². The van der Waals surface area contributed by atoms with Gasteiger partial charge < -0.3 is 11.1 Å². The van der Waals surface area contributed by atoms with Crippen molar-refractivity contribution < 1.29 is 4.79 Å². The van der Waals surface area contributed by atoms with Gasteiger partial charge in [-0.05, 0) is 37.3 Å². The molecule has 1 fully saturated rings. The summed E-state index contributed by atoms with van der Waals surface area (Å²) in [6.07, 6.45) is 3.76. The van der Waals surface area contributed by atoms with Crippen LogP contribution in [0.1, 0.15) is 26.2 Å². The Morgan fingerprint density at radius 3 is 2.89 bits per heavy atom. The minimum atomic E-state index is -0.274. The fourth-order valence-corrected chi connectivity index (χ4v) is 3.17. The largest absolute Gasteiger partial charge is 0.381 e. The molecule has 0 bridgehead atoms. The van der Waals surface area contributed by atoms with Gasteiger partial charge in [-0.1, -0.05) is 19.1 Å². The fraction of sp³-hybridized carbons (Fsp3) is 0.500. The average Bonchev–Trinajstić information content (AvgIpc) is 2.73. The van der Waals surface area contributed by atoms with Crippen LogP contribution < -0.4 is 11.1 Å². The summed E-state index contributed by atoms with van der Waals surface area (Å²) in [6, 6.07) is 8.69. The minimum absolute atomic E-state index is 0.274. The number of benzene rings is 1. The Morgan fingerprint density at radius 1 is 1.44 bits per heavy atom. The molecular formula is C14H20N2OS. The fourth-order valence-electron chi connectivity index (χ4n) is 2.42. The van der Waals surface area contributed by atoms with E-state index in [-0.39, 0.29) is 5.91 Å². The molecule has 18 heavy (non-hydrogen) atoms. The number of anilines is 1. The van der Waals surface area contributed by atoms with Crippen LogP contribution in [0, 0.1) is 5.92 Å². The van der Waals surface area contributed by atoms with Gasteiger partial charge in [0.05, 0.1) is 5.75 Å². The van der Waals surface area contributed by atoms with Crippen LogP contribution in [0.4, 0.5) is 5.69 Å². The number of hydrogen-bond donors (Lipinski definition) is 2. The third-order valence-electron chi connectivity index (χ3n) is 3.31. The first-order chi connectivity index (χ1) is 8.65. The van der Waals surface area contributed by atoms with Crippen molar-refractivity contribution in [1.82, 2.24) is 0 Å². The van der Waals surface area contributed by atoms with Gasteiger partial charge in [0.1, 0.15) is 0 Å². The van der Waals surface area contributed by atoms with Crippen molar-refractivity contribution in [2.75, 3.05) is 11.1 Å². The van der Waals surface area contributed by atoms with E-state index in [0.717, 1.165) is 16.5 Å². The zero-order chi connectivity index (χ0) is 13.0. The van der Waals surface area contributed by atoms with E-state index in [1.165, 1.54) is 31.0 Å². The molecule has 0 saturated heterocycles. The predicted octanol–water partition coefficient (Wildman–Crippen LogP) is 2.86. The Morgan fingerprint density at radius 2 is 2.22 bits per heavy atom. The number of hydrogen-bond acceptors (Lipinski definition) is 3. The van der Waals surface area contributed by atoms with Crippen molar-refractivity contribution in [3.05, 3.63) is 24.3 Å². The van der Waals surface area contributed by atoms with Gasteiger partial charge in [-0.15, -0.1) is 11.8 Å². The highest BCUT2D eigenvalue weighted by Crippen LogP contribution is 2.32. The third kappa shape index (κ3) is 3.67. The molecule has 1 aliphatic carbocycles. The van der Waals surface area contributed by atoms with Crippen molar-refractivity contribution in [2.45, 2.75) is 37.1 Å². The molecule has 0 aliphatic heterocycles. The lowest BCUT2D eigenvalue weighted by atomic mass is 10.1. The number of carbonyl (C=O) groups is 1. The number of amides is 1. The molecular weight excluding hydrogens is 244 g/mol. The number of para-hydroxylation sites is 1. The van der Waals surface area contributed by atoms with Crippen LogP contribution in [0.25, 0.3) is 0 Å². The van der Waals surface area contributed by atoms with Crippen LogP contribution >= 0.6 is 11.8 Å². The normalized spacial score (nSPS) is 22.9. The highest BCUT2D eigenvalue weighted by Gasteiger charge is 2.21. The van der Waals surface area contributed by atoms with E-state index in [1.54, 1.807) is 0 Å². The highest BCUT2D eigenvalue weighted by atomic mass is 32.2. The number of primary amides is 1. The first-order valence-electron chi connectivity index (χ1n) is 6.42. The standard InChI is InChI=1S/C14H20N2OS/c1-10-6-7-11(8-10)16-12-4-2-3-5-13(12)18-9-14(15)17/h2-5,10-11,16H,6-9H2,1H3,(H2,15,17). The maximum atomic E-state index is 10.9. The second-order valence-corrected chi connectivity index (χ2v) is 6.03. The van der Waals surface area contributed by atoms with E-state index in [4.69, 9.17) is 5.73 Å². The van der Waals surface area contributed by atoms with Gasteiger partial charge in [-0.25, -0.2) is 0 Å². The number of rotatable bonds is 5. The molecule has 1 aromatic carbocycles. The zero-order valence-corrected chi connectivity index (χ0v) is 11.5. The molecule has 0 radical (unpaired) electrons. The molecule has 1 saturated carbocycles. The van der Waals surface area contributed by atoms with Crippen LogP contribution in [0.3, 0.4) is 0 Å². The van der Waals surface area contributed by atoms with Gasteiger partial charge in [0, 0.05) is 16.6 Å². The van der Waals surface area contributed by atoms with Crippen LogP contribution in [0.2, 0.25) is 0 Å². The van der Waals surface area contributed by atoms with E-state index in [1.807, 2.05) is 18.2 Å². The third-order valence-corrected chi connectivity index (χ3v) is 4.41. The average molecular weight is 264 g/mol. The summed E-state index contributed by atoms with van der Waals surface area (Å²) in [4.78, 5) is 12.0. The Labute approximate surface area is 113 Å². The zero-order valence-electron chi connectivity index (χ0n) is 10.7. The van der Waals surface area contributed by atoms with Crippen molar-refractivity contribution >= 4 is 23.4 Å². The van der Waals surface area contributed by atoms with Crippen molar-refractivity contribution in [1.29, 1.82) is 0 Å². The molecule has 4 heteroatoms. The van der Waals surface area contributed by atoms with Gasteiger partial charge >= 0.3 is 0 Å². The lowest BCUT2D eigenvalue weighted by Crippen LogP contribution is -2.16. The van der Waals surface area contributed by atoms with Crippen molar-refractivity contribution in [3.8, 4) is 0 Å². The smallest absolute Gasteiger partial charge is 0.227 e. The Kier molecular flexibility index (Phi) is 4.53. The van der Waals surface area contributed by atoms with Crippen LogP contribution in [0.5, 0.6) is 0 Å². The first-order valence-corrected chi connectivity index (χ1v) is 7.40. The van der Waals surface area contributed by atoms with Gasteiger partial charge in [-0.2, -0.15) is 0 Å². The van der Waals surface area contributed by atoms with E-state index in [2.05, 4.69) is 18.3 Å². The van der Waals surface area contributed by atoms with E-state index >= 15 is 0 Å². The van der Waals surface area contributed by atoms with Gasteiger partial charge in [-0.3, -0.25) is 4.79 Å². The molecule has 1 amide bonds. The first kappa shape index (κ1) is 13.3. The van der Waals surface area contributed by atoms with Crippen LogP contribution in [0.15, 0.2) is 29.2 Å². The number of thioether (sulfide) groups is 1. The monoisotopic (exact) mass is 264 g/mol. The Balaban J connectivity index is 2.00. The molecule has 0 spiro atoms. The van der Waals surface area contributed by atoms with E-state index in [9.17, 15) is 4.79 Å². The Bertz CT molecular complexity index is 422. The molecule has 3 nitrogen and oxygen atoms in total. The minimum Gasteiger partial charge on any atom is -0.381 e. The Hall–Kier alpha value is -1.16. The molecule has 1 aliphatic rings. The summed E-state index contributed by atoms with van der Waals surface area (Å²) >= 11 is 1.50. The molecule has 2 atom stereocenters. The van der Waals surface area contributed by atoms with E-state index < -0.39 is 0 Å². The second kappa shape index (κ2) is 6.14. The maximum Gasteiger partial charge on any atom is 0.227 e. The maximum absolute atomic E-state index is 10.9. The van der Waals surface area contributed by atoms with Crippen LogP contribution in [-0.4, -0.2) is 17.7 Å². The molecule has 98 valence electrons. The molecule has 0 heterocycles. The number of nitrogens with one attached hydrogen (secondary N) is 1. The van der Waals surface area contributed by atoms with E-state index in [0.29, 0.717) is 11.8 Å². The lowest BCUT2D eigenvalue weighted by molar-refractivity contribution is -0.115. The summed E-state index contributed by atoms with van der Waals surface area (Å²) in [5.41, 5.74) is 6.32. The number of nitrogens with two attached hydrogens (primary N) is 1. The molecule has 0 aromatic heterocycles. The number of carbonyl (C=O) groups excluding carboxylic acids is 1. The summed E-state index contributed by atoms with van der Waals surface area (Å²) in [5, 5.41) is 3.59. The predicted molar refractivity (Wildman–Crippen MR) is 76.8 cm³/mol. The summed E-state index contributed by atoms with van der Waals surface area (Å²) in [7, 11) is 0. The highest BCUT2D eigenvalue weighted by molar-refractivity contribution is 8.00. The molecule has 1 aromatic rings. The summed E-state index contributed by atoms with van der Waals surface area (Å²) in [6.45, 7) is 2.30. The quantitative estimate of drug-likeness (QED) is 0.804. The molecule has 2 unspecified atom stereocenters. The summed E-state index contributed by atoms with van der Waals surface area (Å²) in [5.74, 6) is 0.872. The van der Waals surface area contributed by atoms with Gasteiger partial charge in [0.25, 0.3) is 0 Å². The molecule has 3 N–H and O–H groups in total. The van der Waals surface area contributed by atoms with Crippen molar-refractivity contribution in [2.24, 2.45) is 11.7 Å². The lowest BCUT2D eigenvalue weighted by Gasteiger charge is -2.16. The summed E-state index contributed by atoms with van der Waals surface area (Å²) < 4.78 is 0. The van der Waals surface area contributed by atoms with Gasteiger partial charge in [0.15, 0.2) is 0 Å². The van der Waals surface area contributed by atoms with Gasteiger partial charge in [0.2, 0.25) is 5.91 Å². The SMILES string of the molecule is CC1CCC(Nc2ccccc2SCC(N)=O)C1. The molecule has 2 rings (SSSR count). The topological polar surface area (TPSA) is 55.1 Å². The second-order valence-electron chi connectivity index (χ2n) is 5.01.